The van der Waals surface area contributed by atoms with Crippen LogP contribution in [0.2, 0.25) is 0 Å². The van der Waals surface area contributed by atoms with Crippen molar-refractivity contribution in [2.45, 2.75) is 6.04 Å². The number of nitrogens with one attached hydrogen (secondary N) is 1. The number of rotatable bonds is 2. The molecule has 1 saturated heterocycles. The molecule has 0 aromatic heterocycles. The minimum absolute atomic E-state index is 0. The molecule has 1 aliphatic rings. The van der Waals surface area contributed by atoms with E-state index in [9.17, 15) is 9.59 Å². The molecular formula is C10H10ClNO4. The molecule has 0 bridgehead atoms. The summed E-state index contributed by atoms with van der Waals surface area (Å²) in [5.74, 6) is -0.965. The number of hydrogen-bond donors (Lipinski definition) is 2. The summed E-state index contributed by atoms with van der Waals surface area (Å²) in [7, 11) is 0. The van der Waals surface area contributed by atoms with Crippen LogP contribution in [0.15, 0.2) is 24.3 Å². The third kappa shape index (κ3) is 2.43. The number of cyclic esters (lactones) is 1. The number of hydrogen-bond acceptors (Lipinski definition) is 3. The Morgan fingerprint density at radius 2 is 2.00 bits per heavy atom. The van der Waals surface area contributed by atoms with E-state index in [2.05, 4.69) is 5.32 Å². The quantitative estimate of drug-likeness (QED) is 0.827. The Labute approximate surface area is 97.8 Å². The maximum absolute atomic E-state index is 10.8. The van der Waals surface area contributed by atoms with Gasteiger partial charge in [-0.05, 0) is 17.7 Å². The summed E-state index contributed by atoms with van der Waals surface area (Å²) in [6, 6.07) is 6.16. The number of aromatic carboxylic acids is 1. The first-order valence-electron chi connectivity index (χ1n) is 4.43. The molecule has 1 aliphatic heterocycles. The average molecular weight is 244 g/mol. The Bertz CT molecular complexity index is 404. The first-order chi connectivity index (χ1) is 7.16. The maximum atomic E-state index is 10.8. The third-order valence-electron chi connectivity index (χ3n) is 2.23. The molecule has 1 heterocycles. The van der Waals surface area contributed by atoms with Gasteiger partial charge in [-0.15, -0.1) is 12.4 Å². The number of carbonyl (C=O) groups excluding carboxylic acids is 1. The smallest absolute Gasteiger partial charge is 0.407 e. The van der Waals surface area contributed by atoms with E-state index < -0.39 is 12.1 Å². The summed E-state index contributed by atoms with van der Waals surface area (Å²) < 4.78 is 4.73. The van der Waals surface area contributed by atoms with Crippen LogP contribution in [0.4, 0.5) is 4.79 Å². The topological polar surface area (TPSA) is 75.6 Å². The Morgan fingerprint density at radius 3 is 2.44 bits per heavy atom. The van der Waals surface area contributed by atoms with Gasteiger partial charge in [-0.2, -0.15) is 0 Å². The standard InChI is InChI=1S/C10H9NO4.ClH/c12-9(13)7-3-1-6(2-4-7)8-5-15-10(14)11-8;/h1-4,8H,5H2,(H,11,14)(H,12,13);1H/t8-;/m0./s1. The van der Waals surface area contributed by atoms with Crippen LogP contribution >= 0.6 is 12.4 Å². The first kappa shape index (κ1) is 12.3. The second kappa shape index (κ2) is 4.85. The van der Waals surface area contributed by atoms with Crippen molar-refractivity contribution in [3.63, 3.8) is 0 Å². The van der Waals surface area contributed by atoms with Gasteiger partial charge in [0.05, 0.1) is 11.6 Å². The Hall–Kier alpha value is -1.75. The highest BCUT2D eigenvalue weighted by atomic mass is 35.5. The molecule has 6 heteroatoms. The number of amides is 1. The van der Waals surface area contributed by atoms with Crippen molar-refractivity contribution in [2.75, 3.05) is 6.61 Å². The molecule has 2 rings (SSSR count). The Morgan fingerprint density at radius 1 is 1.38 bits per heavy atom. The van der Waals surface area contributed by atoms with Crippen molar-refractivity contribution in [1.29, 1.82) is 0 Å². The van der Waals surface area contributed by atoms with E-state index in [4.69, 9.17) is 9.84 Å². The second-order valence-electron chi connectivity index (χ2n) is 3.22. The summed E-state index contributed by atoms with van der Waals surface area (Å²) in [6.45, 7) is 0.283. The van der Waals surface area contributed by atoms with Crippen LogP contribution in [0.5, 0.6) is 0 Å². The largest absolute Gasteiger partial charge is 0.478 e. The number of halogens is 1. The maximum Gasteiger partial charge on any atom is 0.407 e. The van der Waals surface area contributed by atoms with Gasteiger partial charge in [-0.3, -0.25) is 0 Å². The highest BCUT2D eigenvalue weighted by molar-refractivity contribution is 5.87. The van der Waals surface area contributed by atoms with E-state index in [1.54, 1.807) is 12.1 Å². The van der Waals surface area contributed by atoms with Crippen molar-refractivity contribution >= 4 is 24.5 Å². The van der Waals surface area contributed by atoms with Gasteiger partial charge >= 0.3 is 12.1 Å². The highest BCUT2D eigenvalue weighted by Crippen LogP contribution is 2.18. The van der Waals surface area contributed by atoms with E-state index in [-0.39, 0.29) is 30.6 Å². The molecule has 2 N–H and O–H groups in total. The summed E-state index contributed by atoms with van der Waals surface area (Å²) in [4.78, 5) is 21.4. The summed E-state index contributed by atoms with van der Waals surface area (Å²) in [5, 5.41) is 11.3. The van der Waals surface area contributed by atoms with Gasteiger partial charge in [0.2, 0.25) is 0 Å². The van der Waals surface area contributed by atoms with Crippen molar-refractivity contribution < 1.29 is 19.4 Å². The SMILES string of the molecule is Cl.O=C1N[C@H](c2ccc(C(=O)O)cc2)CO1. The molecule has 0 unspecified atom stereocenters. The monoisotopic (exact) mass is 243 g/mol. The fourth-order valence-electron chi connectivity index (χ4n) is 1.42. The number of carboxylic acid groups (broad SMARTS) is 1. The molecule has 0 aliphatic carbocycles. The number of carbonyl (C=O) groups is 2. The summed E-state index contributed by atoms with van der Waals surface area (Å²) >= 11 is 0. The Kier molecular flexibility index (Phi) is 3.73. The van der Waals surface area contributed by atoms with Crippen molar-refractivity contribution in [1.82, 2.24) is 5.32 Å². The molecule has 86 valence electrons. The predicted octanol–water partition coefficient (Wildman–Crippen LogP) is 1.59. The molecule has 0 saturated carbocycles. The van der Waals surface area contributed by atoms with Gasteiger partial charge in [0, 0.05) is 0 Å². The second-order valence-corrected chi connectivity index (χ2v) is 3.22. The zero-order chi connectivity index (χ0) is 10.8. The minimum Gasteiger partial charge on any atom is -0.478 e. The van der Waals surface area contributed by atoms with Crippen LogP contribution in [-0.2, 0) is 4.74 Å². The lowest BCUT2D eigenvalue weighted by atomic mass is 10.1. The summed E-state index contributed by atoms with van der Waals surface area (Å²) in [6.07, 6.45) is -0.442. The Balaban J connectivity index is 0.00000128. The summed E-state index contributed by atoms with van der Waals surface area (Å²) in [5.41, 5.74) is 1.06. The molecule has 1 fully saturated rings. The highest BCUT2D eigenvalue weighted by Gasteiger charge is 2.23. The zero-order valence-electron chi connectivity index (χ0n) is 8.17. The van der Waals surface area contributed by atoms with E-state index in [0.717, 1.165) is 5.56 Å². The first-order valence-corrected chi connectivity index (χ1v) is 4.43. The van der Waals surface area contributed by atoms with Crippen LogP contribution in [0.25, 0.3) is 0 Å². The van der Waals surface area contributed by atoms with Crippen molar-refractivity contribution in [3.8, 4) is 0 Å². The molecule has 1 aromatic carbocycles. The molecule has 0 spiro atoms. The lowest BCUT2D eigenvalue weighted by Crippen LogP contribution is -2.18. The minimum atomic E-state index is -0.965. The molecule has 1 atom stereocenters. The molecule has 1 amide bonds. The third-order valence-corrected chi connectivity index (χ3v) is 2.23. The van der Waals surface area contributed by atoms with Crippen LogP contribution in [-0.4, -0.2) is 23.8 Å². The number of carboxylic acids is 1. The normalized spacial score (nSPS) is 18.2. The molecule has 1 aromatic rings. The van der Waals surface area contributed by atoms with Crippen LogP contribution in [0.1, 0.15) is 22.0 Å². The van der Waals surface area contributed by atoms with E-state index in [1.807, 2.05) is 0 Å². The van der Waals surface area contributed by atoms with Crippen LogP contribution < -0.4 is 5.32 Å². The average Bonchev–Trinajstić information content (AvgIpc) is 2.65. The fraction of sp³-hybridized carbons (Fsp3) is 0.200. The van der Waals surface area contributed by atoms with Crippen LogP contribution in [0, 0.1) is 0 Å². The fourth-order valence-corrected chi connectivity index (χ4v) is 1.42. The molecule has 0 radical (unpaired) electrons. The van der Waals surface area contributed by atoms with Crippen molar-refractivity contribution in [3.05, 3.63) is 35.4 Å². The van der Waals surface area contributed by atoms with Gasteiger partial charge in [0.1, 0.15) is 6.61 Å². The van der Waals surface area contributed by atoms with Crippen molar-refractivity contribution in [2.24, 2.45) is 0 Å². The van der Waals surface area contributed by atoms with E-state index in [0.29, 0.717) is 0 Å². The van der Waals surface area contributed by atoms with Gasteiger partial charge in [-0.1, -0.05) is 12.1 Å². The van der Waals surface area contributed by atoms with Crippen LogP contribution in [0.3, 0.4) is 0 Å². The lowest BCUT2D eigenvalue weighted by Gasteiger charge is -2.07. The van der Waals surface area contributed by atoms with E-state index >= 15 is 0 Å². The predicted molar refractivity (Wildman–Crippen MR) is 57.9 cm³/mol. The van der Waals surface area contributed by atoms with Gasteiger partial charge in [0.25, 0.3) is 0 Å². The number of benzene rings is 1. The van der Waals surface area contributed by atoms with Gasteiger partial charge in [0.15, 0.2) is 0 Å². The number of alkyl carbamates (subject to hydrolysis) is 1. The van der Waals surface area contributed by atoms with Gasteiger partial charge in [-0.25, -0.2) is 9.59 Å². The van der Waals surface area contributed by atoms with Gasteiger partial charge < -0.3 is 15.2 Å². The zero-order valence-corrected chi connectivity index (χ0v) is 8.99. The number of ether oxygens (including phenoxy) is 1. The molecule has 16 heavy (non-hydrogen) atoms. The lowest BCUT2D eigenvalue weighted by molar-refractivity contribution is 0.0697. The molecule has 5 nitrogen and oxygen atoms in total. The van der Waals surface area contributed by atoms with E-state index in [1.165, 1.54) is 12.1 Å². The molecular weight excluding hydrogens is 234 g/mol.